The molecule has 0 spiro atoms. The van der Waals surface area contributed by atoms with E-state index >= 15 is 0 Å². The first-order chi connectivity index (χ1) is 14.3. The minimum absolute atomic E-state index is 0.00803. The number of anilines is 1. The van der Waals surface area contributed by atoms with Crippen molar-refractivity contribution >= 4 is 11.6 Å². The van der Waals surface area contributed by atoms with Crippen molar-refractivity contribution in [2.24, 2.45) is 0 Å². The average molecular weight is 410 g/mol. The molecule has 1 aliphatic rings. The number of hydrogen-bond acceptors (Lipinski definition) is 7. The molecule has 0 aliphatic carbocycles. The Labute approximate surface area is 172 Å². The third-order valence-electron chi connectivity index (χ3n) is 4.93. The number of rotatable bonds is 5. The van der Waals surface area contributed by atoms with Crippen molar-refractivity contribution in [3.05, 3.63) is 57.8 Å². The first-order valence-corrected chi connectivity index (χ1v) is 9.46. The Bertz CT molecular complexity index is 1180. The molecule has 3 N–H and O–H groups in total. The topological polar surface area (TPSA) is 122 Å². The number of amides is 1. The Kier molecular flexibility index (Phi) is 4.94. The van der Waals surface area contributed by atoms with Crippen molar-refractivity contribution in [1.29, 1.82) is 0 Å². The quantitative estimate of drug-likeness (QED) is 0.662. The lowest BCUT2D eigenvalue weighted by atomic mass is 10.1. The van der Waals surface area contributed by atoms with Crippen molar-refractivity contribution in [2.45, 2.75) is 33.4 Å². The van der Waals surface area contributed by atoms with E-state index < -0.39 is 11.6 Å². The maximum atomic E-state index is 12.7. The zero-order chi connectivity index (χ0) is 21.4. The van der Waals surface area contributed by atoms with Gasteiger partial charge in [0.2, 0.25) is 12.7 Å². The van der Waals surface area contributed by atoms with E-state index in [1.165, 1.54) is 6.07 Å². The van der Waals surface area contributed by atoms with Crippen LogP contribution < -0.4 is 26.1 Å². The van der Waals surface area contributed by atoms with Gasteiger partial charge in [-0.1, -0.05) is 6.07 Å². The van der Waals surface area contributed by atoms with Crippen LogP contribution in [0.3, 0.4) is 0 Å². The Morgan fingerprint density at radius 2 is 2.00 bits per heavy atom. The molecular weight excluding hydrogens is 388 g/mol. The summed E-state index contributed by atoms with van der Waals surface area (Å²) in [5.41, 5.74) is 7.43. The lowest BCUT2D eigenvalue weighted by Crippen LogP contribution is -2.37. The molecule has 1 amide bonds. The van der Waals surface area contributed by atoms with Crippen LogP contribution in [0.4, 0.5) is 5.69 Å². The van der Waals surface area contributed by atoms with Crippen LogP contribution in [0.25, 0.3) is 11.3 Å². The second kappa shape index (κ2) is 7.58. The van der Waals surface area contributed by atoms with Crippen molar-refractivity contribution in [3.63, 3.8) is 0 Å². The van der Waals surface area contributed by atoms with E-state index in [-0.39, 0.29) is 24.9 Å². The summed E-state index contributed by atoms with van der Waals surface area (Å²) < 4.78 is 17.3. The molecule has 30 heavy (non-hydrogen) atoms. The molecule has 3 aromatic rings. The SMILES string of the molecule is Cc1cc(-c2cc(N)c(=O)n([C@H](C)C(=O)NCc3ccc4c(c3)OCO4)n2)c(C)o1. The van der Waals surface area contributed by atoms with Gasteiger partial charge in [0.05, 0.1) is 5.69 Å². The second-order valence-electron chi connectivity index (χ2n) is 7.14. The molecule has 4 rings (SSSR count). The fraction of sp³-hybridized carbons (Fsp3) is 0.286. The molecule has 1 aliphatic heterocycles. The van der Waals surface area contributed by atoms with Gasteiger partial charge >= 0.3 is 0 Å². The maximum Gasteiger partial charge on any atom is 0.290 e. The van der Waals surface area contributed by atoms with Gasteiger partial charge in [0.15, 0.2) is 11.5 Å². The summed E-state index contributed by atoms with van der Waals surface area (Å²) in [5.74, 6) is 2.32. The molecule has 0 unspecified atom stereocenters. The zero-order valence-electron chi connectivity index (χ0n) is 16.9. The number of furan rings is 1. The lowest BCUT2D eigenvalue weighted by Gasteiger charge is -2.16. The highest BCUT2D eigenvalue weighted by Crippen LogP contribution is 2.32. The van der Waals surface area contributed by atoms with Gasteiger partial charge in [-0.05, 0) is 50.6 Å². The molecule has 2 aromatic heterocycles. The molecule has 1 atom stereocenters. The van der Waals surface area contributed by atoms with Gasteiger partial charge < -0.3 is 24.9 Å². The van der Waals surface area contributed by atoms with Crippen LogP contribution >= 0.6 is 0 Å². The summed E-state index contributed by atoms with van der Waals surface area (Å²) in [5, 5.41) is 7.18. The molecular formula is C21H22N4O5. The molecule has 3 heterocycles. The van der Waals surface area contributed by atoms with Gasteiger partial charge in [-0.2, -0.15) is 5.10 Å². The number of fused-ring (bicyclic) bond motifs is 1. The van der Waals surface area contributed by atoms with Gasteiger partial charge in [0, 0.05) is 12.1 Å². The Hall–Kier alpha value is -3.75. The number of benzene rings is 1. The van der Waals surface area contributed by atoms with E-state index in [0.717, 1.165) is 21.6 Å². The standard InChI is InChI=1S/C21H22N4O5/c1-11-6-15(13(3)30-11)17-8-16(22)21(27)25(24-17)12(2)20(26)23-9-14-4-5-18-19(7-14)29-10-28-18/h4-8,12H,9-10,22H2,1-3H3,(H,23,26)/t12-/m1/s1. The fourth-order valence-electron chi connectivity index (χ4n) is 3.31. The van der Waals surface area contributed by atoms with Gasteiger partial charge in [-0.15, -0.1) is 0 Å². The molecule has 0 fully saturated rings. The number of nitrogen functional groups attached to an aromatic ring is 1. The predicted molar refractivity (Wildman–Crippen MR) is 109 cm³/mol. The Balaban J connectivity index is 1.54. The van der Waals surface area contributed by atoms with E-state index in [4.69, 9.17) is 19.6 Å². The third kappa shape index (κ3) is 3.61. The summed E-state index contributed by atoms with van der Waals surface area (Å²) in [7, 11) is 0. The van der Waals surface area contributed by atoms with Crippen molar-refractivity contribution in [1.82, 2.24) is 15.1 Å². The summed E-state index contributed by atoms with van der Waals surface area (Å²) in [6.07, 6.45) is 0. The number of nitrogens with zero attached hydrogens (tertiary/aromatic N) is 2. The van der Waals surface area contributed by atoms with E-state index in [9.17, 15) is 9.59 Å². The summed E-state index contributed by atoms with van der Waals surface area (Å²) in [6.45, 7) is 5.67. The Morgan fingerprint density at radius 1 is 1.23 bits per heavy atom. The third-order valence-corrected chi connectivity index (χ3v) is 4.93. The van der Waals surface area contributed by atoms with Crippen molar-refractivity contribution < 1.29 is 18.7 Å². The fourth-order valence-corrected chi connectivity index (χ4v) is 3.31. The molecule has 0 radical (unpaired) electrons. The van der Waals surface area contributed by atoms with E-state index in [2.05, 4.69) is 10.4 Å². The smallest absolute Gasteiger partial charge is 0.290 e. The van der Waals surface area contributed by atoms with Gasteiger partial charge in [-0.25, -0.2) is 4.68 Å². The molecule has 156 valence electrons. The van der Waals surface area contributed by atoms with Crippen LogP contribution in [0.5, 0.6) is 11.5 Å². The summed E-state index contributed by atoms with van der Waals surface area (Å²) in [4.78, 5) is 25.2. The van der Waals surface area contributed by atoms with Crippen molar-refractivity contribution in [3.8, 4) is 22.8 Å². The van der Waals surface area contributed by atoms with E-state index in [1.54, 1.807) is 26.0 Å². The molecule has 0 saturated carbocycles. The first kappa shape index (κ1) is 19.6. The van der Waals surface area contributed by atoms with Crippen LogP contribution in [0.1, 0.15) is 30.0 Å². The van der Waals surface area contributed by atoms with E-state index in [0.29, 0.717) is 23.0 Å². The van der Waals surface area contributed by atoms with Crippen LogP contribution in [-0.4, -0.2) is 22.5 Å². The van der Waals surface area contributed by atoms with Crippen molar-refractivity contribution in [2.75, 3.05) is 12.5 Å². The largest absolute Gasteiger partial charge is 0.466 e. The number of nitrogens with one attached hydrogen (secondary N) is 1. The van der Waals surface area contributed by atoms with Gasteiger partial charge in [0.25, 0.3) is 5.56 Å². The number of nitrogens with two attached hydrogens (primary N) is 1. The van der Waals surface area contributed by atoms with Gasteiger partial charge in [0.1, 0.15) is 23.2 Å². The predicted octanol–water partition coefficient (Wildman–Crippen LogP) is 2.31. The van der Waals surface area contributed by atoms with Gasteiger partial charge in [-0.3, -0.25) is 9.59 Å². The van der Waals surface area contributed by atoms with Crippen LogP contribution in [0.2, 0.25) is 0 Å². The average Bonchev–Trinajstić information content (AvgIpc) is 3.32. The highest BCUT2D eigenvalue weighted by molar-refractivity contribution is 5.80. The number of aromatic nitrogens is 2. The molecule has 1 aromatic carbocycles. The first-order valence-electron chi connectivity index (χ1n) is 9.46. The van der Waals surface area contributed by atoms with E-state index in [1.807, 2.05) is 19.1 Å². The number of aryl methyl sites for hydroxylation is 2. The number of hydrogen-bond donors (Lipinski definition) is 2. The van der Waals surface area contributed by atoms with Crippen LogP contribution in [-0.2, 0) is 11.3 Å². The zero-order valence-corrected chi connectivity index (χ0v) is 16.9. The summed E-state index contributed by atoms with van der Waals surface area (Å²) >= 11 is 0. The minimum atomic E-state index is -0.859. The van der Waals surface area contributed by atoms with Crippen LogP contribution in [0, 0.1) is 13.8 Å². The monoisotopic (exact) mass is 410 g/mol. The summed E-state index contributed by atoms with van der Waals surface area (Å²) in [6, 6.07) is 7.89. The van der Waals surface area contributed by atoms with Crippen LogP contribution in [0.15, 0.2) is 39.5 Å². The molecule has 0 bridgehead atoms. The number of carbonyl (C=O) groups excluding carboxylic acids is 1. The molecule has 9 nitrogen and oxygen atoms in total. The molecule has 9 heteroatoms. The maximum absolute atomic E-state index is 12.7. The normalized spacial score (nSPS) is 13.3. The minimum Gasteiger partial charge on any atom is -0.466 e. The molecule has 0 saturated heterocycles. The highest BCUT2D eigenvalue weighted by atomic mass is 16.7. The Morgan fingerprint density at radius 3 is 2.73 bits per heavy atom. The lowest BCUT2D eigenvalue weighted by molar-refractivity contribution is -0.124. The second-order valence-corrected chi connectivity index (χ2v) is 7.14. The highest BCUT2D eigenvalue weighted by Gasteiger charge is 2.21. The number of carbonyl (C=O) groups is 1. The number of ether oxygens (including phenoxy) is 2.